The predicted octanol–water partition coefficient (Wildman–Crippen LogP) is 31.5. The molecule has 0 fully saturated rings. The number of carbonyl (C=O) groups is 4. The number of hydrogen-bond acceptors (Lipinski definition) is 15. The first kappa shape index (κ1) is 108. The fourth-order valence-electron chi connectivity index (χ4n) is 15.8. The van der Waals surface area contributed by atoms with Crippen LogP contribution in [0.2, 0.25) is 0 Å². The van der Waals surface area contributed by atoms with Crippen molar-refractivity contribution in [3.05, 3.63) is 419 Å². The molecule has 0 spiro atoms. The Morgan fingerprint density at radius 1 is 0.284 bits per heavy atom. The Kier molecular flexibility index (Phi) is 36.1. The average molecular weight is 2060 g/mol. The zero-order chi connectivity index (χ0) is 105. The highest BCUT2D eigenvalue weighted by Gasteiger charge is 2.33. The van der Waals surface area contributed by atoms with Crippen LogP contribution in [0.15, 0.2) is 362 Å². The van der Waals surface area contributed by atoms with Gasteiger partial charge in [0, 0.05) is 25.1 Å². The quantitative estimate of drug-likeness (QED) is 0.0217. The fourth-order valence-corrected chi connectivity index (χ4v) is 18.1. The number of ether oxygens (including phenoxy) is 8. The maximum Gasteiger partial charge on any atom is 0.416 e. The number of methoxy groups -OCH3 is 1. The topological polar surface area (TPSA) is 223 Å². The van der Waals surface area contributed by atoms with Crippen molar-refractivity contribution in [3.63, 3.8) is 0 Å². The van der Waals surface area contributed by atoms with Crippen LogP contribution in [-0.2, 0) is 63.3 Å². The number of alkyl halides is 9. The van der Waals surface area contributed by atoms with Crippen molar-refractivity contribution in [2.24, 2.45) is 0 Å². The van der Waals surface area contributed by atoms with Crippen molar-refractivity contribution in [2.75, 3.05) is 39.8 Å². The largest absolute Gasteiger partial charge is 0.497 e. The molecule has 17 rings (SSSR count). The van der Waals surface area contributed by atoms with Crippen LogP contribution in [-0.4, -0.2) is 84.1 Å². The highest BCUT2D eigenvalue weighted by Crippen LogP contribution is 2.43. The van der Waals surface area contributed by atoms with Crippen molar-refractivity contribution in [3.8, 4) is 134 Å². The lowest BCUT2D eigenvalue weighted by atomic mass is 9.95. The smallest absolute Gasteiger partial charge is 0.416 e. The van der Waals surface area contributed by atoms with Gasteiger partial charge in [-0.25, -0.2) is 19.2 Å². The van der Waals surface area contributed by atoms with E-state index in [1.807, 2.05) is 185 Å². The van der Waals surface area contributed by atoms with Gasteiger partial charge in [-0.1, -0.05) is 151 Å². The third kappa shape index (κ3) is 30.7. The highest BCUT2D eigenvalue weighted by atomic mass is 32.2. The van der Waals surface area contributed by atoms with Crippen LogP contribution < -0.4 is 37.9 Å². The van der Waals surface area contributed by atoms with Crippen LogP contribution >= 0.6 is 34.9 Å². The summed E-state index contributed by atoms with van der Waals surface area (Å²) in [6.07, 6.45) is -11.2. The molecule has 148 heavy (non-hydrogen) atoms. The van der Waals surface area contributed by atoms with Gasteiger partial charge in [0.05, 0.1) is 23.8 Å². The summed E-state index contributed by atoms with van der Waals surface area (Å²) >= 11 is 5.03. The summed E-state index contributed by atoms with van der Waals surface area (Å²) in [7, 11) is 1.67. The number of fused-ring (bicyclic) bond motifs is 1. The maximum atomic E-state index is 13.1. The Balaban J connectivity index is 0.000000156. The minimum atomic E-state index is -4.40. The molecule has 756 valence electrons. The second-order valence-corrected chi connectivity index (χ2v) is 37.3. The van der Waals surface area contributed by atoms with Gasteiger partial charge in [0.1, 0.15) is 65.8 Å². The number of carboxylic acid groups (broad SMARTS) is 4. The van der Waals surface area contributed by atoms with E-state index in [-0.39, 0.29) is 19.8 Å². The molecule has 17 aromatic rings. The molecule has 0 aliphatic rings. The second-order valence-electron chi connectivity index (χ2n) is 34.3. The normalized spacial score (nSPS) is 11.2. The van der Waals surface area contributed by atoms with Crippen LogP contribution in [0.5, 0.6) is 46.0 Å². The van der Waals surface area contributed by atoms with Gasteiger partial charge >= 0.3 is 42.4 Å². The van der Waals surface area contributed by atoms with Gasteiger partial charge in [0.25, 0.3) is 0 Å². The molecule has 0 radical (unpaired) electrons. The molecule has 0 unspecified atom stereocenters. The molecular formula is C120H99F9O16S3. The Morgan fingerprint density at radius 3 is 0.905 bits per heavy atom. The molecule has 0 saturated carbocycles. The summed E-state index contributed by atoms with van der Waals surface area (Å²) in [4.78, 5) is 46.4. The molecule has 0 saturated heterocycles. The van der Waals surface area contributed by atoms with E-state index in [4.69, 9.17) is 58.3 Å². The number of aryl methyl sites for hydroxylation is 5. The van der Waals surface area contributed by atoms with Crippen LogP contribution in [0.25, 0.3) is 98.4 Å². The van der Waals surface area contributed by atoms with Crippen molar-refractivity contribution in [1.82, 2.24) is 0 Å². The summed E-state index contributed by atoms with van der Waals surface area (Å²) in [6.45, 7) is 8.54. The number of rotatable bonds is 34. The average Bonchev–Trinajstić information content (AvgIpc) is 1.64. The van der Waals surface area contributed by atoms with E-state index < -0.39 is 78.9 Å². The lowest BCUT2D eigenvalue weighted by Crippen LogP contribution is -2.10. The van der Waals surface area contributed by atoms with Gasteiger partial charge in [-0.3, -0.25) is 0 Å². The zero-order valence-electron chi connectivity index (χ0n) is 81.0. The minimum Gasteiger partial charge on any atom is -0.497 e. The molecule has 4 N–H and O–H groups in total. The number of halogens is 9. The Labute approximate surface area is 861 Å². The number of carboxylic acids is 4. The number of thioether (sulfide) groups is 2. The first-order valence-corrected chi connectivity index (χ1v) is 49.2. The third-order valence-electron chi connectivity index (χ3n) is 23.3. The standard InChI is InChI=1S/C31H26O5S.C30H25F3O4S.C30H25F3O3S.C29H23F3O4/c1-20-13-27(11-12-28(20)36-19-31(32)33)35-18-21-14-24(22-7-9-26(34-2)10-8-22)16-25(15-21)30-17-23-5-3-4-6-29(23)37-30;1-19-13-26(9-12-28(19)37-18-29(34)35)36-17-20-14-23(21-3-7-25(8-4-21)30(31,32)33)16-24(15-20)22-5-10-27(38-2)11-6-22;1-19-3-5-22(6-4-19)24-14-21(15-25(16-24)23-7-9-26(10-8-23)30(31,32)33)18-37-27-11-12-28(20(2)13-27)36-17-29(34)35;1-19-13-26(11-12-27(19)36-18-28(33)34)35-17-20-14-23(21-5-3-2-4-6-21)16-24(15-20)22-7-9-25(10-8-22)29(30,31)32/h3-17H,18-19H2,1-2H3,(H,32,33);3-16H,17-18H2,1-2H3,(H,34,35);3-16H,17-18H2,1-2H3,(H,34,35);2-16H,17-18H2,1H3,(H,33,34). The molecular weight excluding hydrogens is 1960 g/mol. The van der Waals surface area contributed by atoms with E-state index in [9.17, 15) is 58.7 Å². The fraction of sp³-hybridized carbons (Fsp3) is 0.150. The van der Waals surface area contributed by atoms with Gasteiger partial charge in [0.2, 0.25) is 0 Å². The molecule has 1 heterocycles. The second kappa shape index (κ2) is 49.6. The zero-order valence-corrected chi connectivity index (χ0v) is 83.4. The van der Waals surface area contributed by atoms with Crippen LogP contribution in [0, 0.1) is 34.6 Å². The summed E-state index contributed by atoms with van der Waals surface area (Å²) in [5.41, 5.74) is 19.5. The summed E-state index contributed by atoms with van der Waals surface area (Å²) in [5.74, 6) is 1.13. The molecule has 28 heteroatoms. The third-order valence-corrected chi connectivity index (χ3v) is 26.2. The van der Waals surface area contributed by atoms with Crippen molar-refractivity contribution in [1.29, 1.82) is 0 Å². The number of aliphatic carboxylic acids is 4. The monoisotopic (exact) mass is 2060 g/mol. The van der Waals surface area contributed by atoms with E-state index >= 15 is 0 Å². The van der Waals surface area contributed by atoms with Gasteiger partial charge in [-0.05, 0) is 380 Å². The van der Waals surface area contributed by atoms with Crippen LogP contribution in [0.3, 0.4) is 0 Å². The summed E-state index contributed by atoms with van der Waals surface area (Å²) in [5, 5.41) is 36.5. The van der Waals surface area contributed by atoms with Crippen LogP contribution in [0.4, 0.5) is 39.5 Å². The molecule has 16 aromatic carbocycles. The lowest BCUT2D eigenvalue weighted by molar-refractivity contribution is -0.140. The Bertz CT molecular complexity index is 7450. The van der Waals surface area contributed by atoms with E-state index in [0.717, 1.165) is 169 Å². The number of thiophene rings is 1. The molecule has 16 nitrogen and oxygen atoms in total. The van der Waals surface area contributed by atoms with Gasteiger partial charge < -0.3 is 58.3 Å². The predicted molar refractivity (Wildman–Crippen MR) is 563 cm³/mol. The van der Waals surface area contributed by atoms with Crippen LogP contribution in [0.1, 0.15) is 66.8 Å². The Morgan fingerprint density at radius 2 is 0.574 bits per heavy atom. The van der Waals surface area contributed by atoms with Crippen molar-refractivity contribution >= 4 is 68.8 Å². The molecule has 0 atom stereocenters. The summed E-state index contributed by atoms with van der Waals surface area (Å²) < 4.78 is 163. The molecule has 0 aliphatic heterocycles. The van der Waals surface area contributed by atoms with E-state index in [1.54, 1.807) is 110 Å². The number of hydrogen-bond donors (Lipinski definition) is 4. The van der Waals surface area contributed by atoms with Gasteiger partial charge in [0.15, 0.2) is 26.4 Å². The van der Waals surface area contributed by atoms with E-state index in [0.29, 0.717) is 69.3 Å². The first-order valence-electron chi connectivity index (χ1n) is 46.2. The van der Waals surface area contributed by atoms with Gasteiger partial charge in [-0.15, -0.1) is 34.9 Å². The molecule has 0 amide bonds. The molecule has 0 bridgehead atoms. The first-order chi connectivity index (χ1) is 70.9. The van der Waals surface area contributed by atoms with E-state index in [1.165, 1.54) is 51.4 Å². The summed E-state index contributed by atoms with van der Waals surface area (Å²) in [6, 6.07) is 106. The van der Waals surface area contributed by atoms with Crippen molar-refractivity contribution in [2.45, 2.75) is 88.5 Å². The SMILES string of the molecule is COc1ccc(-c2cc(COc3ccc(OCC(=O)O)c(C)c3)cc(-c3cc4ccccc4s3)c2)cc1.CSc1ccc(-c2cc(COc3ccc(OCC(=O)O)c(C)c3)cc(-c3ccc(C(F)(F)F)cc3)c2)cc1.Cc1cc(OCc2cc(-c3ccccc3)cc(-c3ccc(C(F)(F)F)cc3)c2)ccc1OCC(=O)O.Cc1ccc(-c2cc(CSc3ccc(OCC(=O)O)c(C)c3)cc(-c3ccc(C(F)(F)F)cc3)c2)cc1. The number of benzene rings is 16. The minimum absolute atomic E-state index is 0.221. The van der Waals surface area contributed by atoms with Crippen molar-refractivity contribution < 1.29 is 117 Å². The Hall–Kier alpha value is -16.2. The maximum absolute atomic E-state index is 13.1. The van der Waals surface area contributed by atoms with Gasteiger partial charge in [-0.2, -0.15) is 39.5 Å². The lowest BCUT2D eigenvalue weighted by Gasteiger charge is -2.14. The molecule has 0 aliphatic carbocycles. The molecule has 1 aromatic heterocycles. The van der Waals surface area contributed by atoms with E-state index in [2.05, 4.69) is 66.7 Å². The highest BCUT2D eigenvalue weighted by molar-refractivity contribution is 7.98.